The lowest BCUT2D eigenvalue weighted by Gasteiger charge is -2.50. The minimum Gasteiger partial charge on any atom is -0.463 e. The Morgan fingerprint density at radius 1 is 0.416 bits per heavy atom. The van der Waals surface area contributed by atoms with Gasteiger partial charge >= 0.3 is 35.8 Å². The van der Waals surface area contributed by atoms with E-state index in [1.54, 1.807) is 103 Å². The lowest BCUT2D eigenvalue weighted by molar-refractivity contribution is -0.347. The van der Waals surface area contributed by atoms with Crippen molar-refractivity contribution >= 4 is 47.6 Å². The highest BCUT2D eigenvalue weighted by Crippen LogP contribution is 2.39. The predicted octanol–water partition coefficient (Wildman–Crippen LogP) is 6.46. The summed E-state index contributed by atoms with van der Waals surface area (Å²) in [5.74, 6) is -7.26. The molecule has 0 spiro atoms. The molecular formula is C58H49NO18. The Morgan fingerprint density at radius 3 is 1.19 bits per heavy atom. The maximum absolute atomic E-state index is 14.5. The van der Waals surface area contributed by atoms with Gasteiger partial charge in [-0.05, 0) is 72.8 Å². The van der Waals surface area contributed by atoms with Crippen LogP contribution >= 0.6 is 0 Å². The van der Waals surface area contributed by atoms with Crippen LogP contribution in [0.25, 0.3) is 0 Å². The van der Waals surface area contributed by atoms with Gasteiger partial charge < -0.3 is 47.4 Å². The van der Waals surface area contributed by atoms with Crippen molar-refractivity contribution in [3.63, 3.8) is 0 Å². The number of ether oxygens (including phenoxy) is 10. The van der Waals surface area contributed by atoms with Gasteiger partial charge in [0.2, 0.25) is 0 Å². The van der Waals surface area contributed by atoms with Gasteiger partial charge in [0.25, 0.3) is 11.8 Å². The lowest BCUT2D eigenvalue weighted by atomic mass is 9.93. The lowest BCUT2D eigenvalue weighted by Crippen LogP contribution is -2.69. The zero-order valence-corrected chi connectivity index (χ0v) is 41.2. The van der Waals surface area contributed by atoms with E-state index in [0.717, 1.165) is 11.8 Å². The number of methoxy groups -OCH3 is 1. The Labute approximate surface area is 440 Å². The molecule has 19 nitrogen and oxygen atoms in total. The highest BCUT2D eigenvalue weighted by molar-refractivity contribution is 6.21. The molecule has 77 heavy (non-hydrogen) atoms. The molecule has 10 atom stereocenters. The number of nitrogens with zero attached hydrogens (tertiary/aromatic N) is 1. The molecule has 0 aromatic heterocycles. The topological polar surface area (TPSA) is 232 Å². The zero-order valence-electron chi connectivity index (χ0n) is 41.2. The molecule has 2 unspecified atom stereocenters. The average molecular weight is 1050 g/mol. The largest absolute Gasteiger partial charge is 0.463 e. The quantitative estimate of drug-likeness (QED) is 0.0542. The van der Waals surface area contributed by atoms with E-state index < -0.39 is 122 Å². The number of amides is 2. The van der Waals surface area contributed by atoms with Crippen LogP contribution in [-0.4, -0.2) is 134 Å². The van der Waals surface area contributed by atoms with Crippen LogP contribution in [0.4, 0.5) is 0 Å². The second-order valence-electron chi connectivity index (χ2n) is 17.6. The summed E-state index contributed by atoms with van der Waals surface area (Å²) in [7, 11) is 1.21. The van der Waals surface area contributed by atoms with Gasteiger partial charge in [0.05, 0.1) is 38.9 Å². The molecule has 3 heterocycles. The molecule has 2 fully saturated rings. The number of hydrogen-bond acceptors (Lipinski definition) is 18. The van der Waals surface area contributed by atoms with Crippen LogP contribution in [-0.2, 0) is 52.2 Å². The van der Waals surface area contributed by atoms with Crippen molar-refractivity contribution in [2.75, 3.05) is 20.3 Å². The molecule has 3 aliphatic heterocycles. The summed E-state index contributed by atoms with van der Waals surface area (Å²) in [5, 5.41) is 0. The Bertz CT molecular complexity index is 3050. The summed E-state index contributed by atoms with van der Waals surface area (Å²) in [6.45, 7) is -0.279. The standard InChI is InChI=1S/C58H49NO18/c1-34(60)69-32-42-45(47(74-54(65)37-24-12-5-13-25-37)44(57(68-2)71-42)59-50(61)40-30-18-19-31-41(40)51(59)62)77-58-49(76-56(67)39-28-16-7-17-29-39)48(75-55(66)38-26-14-6-15-27-38)46(73-53(64)36-22-10-4-11-23-36)43(72-58)33-70-52(63)35-20-8-3-9-21-35/h3-31,42-49,57-58H,32-33H2,1-2H3/t42-,43-,44-,45-,46+,47-,48+,49-,57?,58?/m1/s1. The van der Waals surface area contributed by atoms with E-state index in [0.29, 0.717) is 0 Å². The summed E-state index contributed by atoms with van der Waals surface area (Å²) in [6.07, 6.45) is -16.2. The molecule has 3 aliphatic rings. The SMILES string of the molecule is COC1O[C@H](COC(C)=O)[C@@H](OC2O[C@H](COC(=O)c3ccccc3)[C@H](OC(=O)c3ccccc3)[C@H](OC(=O)c3ccccc3)[C@H]2OC(=O)c2ccccc2)[C@H](OC(=O)c2ccccc2)[C@H]1N1C(=O)c2ccccc2C1=O. The van der Waals surface area contributed by atoms with Crippen molar-refractivity contribution in [1.82, 2.24) is 4.90 Å². The van der Waals surface area contributed by atoms with Crippen LogP contribution in [0.5, 0.6) is 0 Å². The minimum atomic E-state index is -2.06. The molecule has 6 aromatic rings. The average Bonchev–Trinajstić information content (AvgIpc) is 3.72. The van der Waals surface area contributed by atoms with E-state index in [1.165, 1.54) is 79.9 Å². The predicted molar refractivity (Wildman–Crippen MR) is 266 cm³/mol. The third kappa shape index (κ3) is 12.0. The zero-order chi connectivity index (χ0) is 54.0. The summed E-state index contributed by atoms with van der Waals surface area (Å²) >= 11 is 0. The van der Waals surface area contributed by atoms with Crippen molar-refractivity contribution in [1.29, 1.82) is 0 Å². The van der Waals surface area contributed by atoms with Crippen molar-refractivity contribution in [3.8, 4) is 0 Å². The van der Waals surface area contributed by atoms with Gasteiger partial charge in [-0.3, -0.25) is 19.3 Å². The van der Waals surface area contributed by atoms with Gasteiger partial charge in [-0.25, -0.2) is 24.0 Å². The number of esters is 6. The van der Waals surface area contributed by atoms with E-state index in [1.807, 2.05) is 0 Å². The number of carbonyl (C=O) groups excluding carboxylic acids is 8. The van der Waals surface area contributed by atoms with Gasteiger partial charge in [-0.1, -0.05) is 103 Å². The number of fused-ring (bicyclic) bond motifs is 1. The smallest absolute Gasteiger partial charge is 0.338 e. The third-order valence-corrected chi connectivity index (χ3v) is 12.7. The molecule has 0 radical (unpaired) electrons. The second kappa shape index (κ2) is 24.2. The first-order valence-corrected chi connectivity index (χ1v) is 24.3. The maximum Gasteiger partial charge on any atom is 0.338 e. The Morgan fingerprint density at radius 2 is 0.766 bits per heavy atom. The molecule has 6 aromatic carbocycles. The Balaban J connectivity index is 1.21. The highest BCUT2D eigenvalue weighted by Gasteiger charge is 2.60. The van der Waals surface area contributed by atoms with Gasteiger partial charge in [-0.2, -0.15) is 0 Å². The monoisotopic (exact) mass is 1050 g/mol. The van der Waals surface area contributed by atoms with E-state index in [-0.39, 0.29) is 38.9 Å². The number of imide groups is 1. The molecule has 2 saturated heterocycles. The maximum atomic E-state index is 14.5. The van der Waals surface area contributed by atoms with Gasteiger partial charge in [0.15, 0.2) is 37.0 Å². The van der Waals surface area contributed by atoms with Gasteiger partial charge in [-0.15, -0.1) is 0 Å². The summed E-state index contributed by atoms with van der Waals surface area (Å²) in [4.78, 5) is 114. The minimum absolute atomic E-state index is 0.00634. The van der Waals surface area contributed by atoms with Gasteiger partial charge in [0, 0.05) is 14.0 Å². The molecule has 19 heteroatoms. The summed E-state index contributed by atoms with van der Waals surface area (Å²) in [6, 6.07) is 43.0. The van der Waals surface area contributed by atoms with E-state index in [4.69, 9.17) is 47.4 Å². The summed E-state index contributed by atoms with van der Waals surface area (Å²) in [5.41, 5.74) is 0.204. The van der Waals surface area contributed by atoms with Crippen LogP contribution in [0.1, 0.15) is 79.4 Å². The number of rotatable bonds is 17. The first-order chi connectivity index (χ1) is 37.4. The van der Waals surface area contributed by atoms with Crippen LogP contribution in [0.2, 0.25) is 0 Å². The van der Waals surface area contributed by atoms with Crippen molar-refractivity contribution in [3.05, 3.63) is 215 Å². The molecule has 9 rings (SSSR count). The van der Waals surface area contributed by atoms with Crippen LogP contribution in [0.3, 0.4) is 0 Å². The van der Waals surface area contributed by atoms with Crippen LogP contribution in [0, 0.1) is 0 Å². The number of hydrogen-bond donors (Lipinski definition) is 0. The normalized spacial score (nSPS) is 23.6. The molecular weight excluding hydrogens is 999 g/mol. The van der Waals surface area contributed by atoms with Crippen molar-refractivity contribution in [2.45, 2.75) is 68.3 Å². The van der Waals surface area contributed by atoms with Crippen molar-refractivity contribution < 1.29 is 85.7 Å². The second-order valence-corrected chi connectivity index (χ2v) is 17.6. The number of benzene rings is 6. The fraction of sp³-hybridized carbons (Fsp3) is 0.241. The highest BCUT2D eigenvalue weighted by atomic mass is 16.8. The van der Waals surface area contributed by atoms with Crippen LogP contribution in [0.15, 0.2) is 176 Å². The van der Waals surface area contributed by atoms with E-state index in [9.17, 15) is 38.4 Å². The molecule has 0 saturated carbocycles. The Kier molecular flexibility index (Phi) is 16.6. The van der Waals surface area contributed by atoms with Crippen molar-refractivity contribution in [2.24, 2.45) is 0 Å². The summed E-state index contributed by atoms with van der Waals surface area (Å²) < 4.78 is 62.2. The fourth-order valence-electron chi connectivity index (χ4n) is 9.03. The molecule has 0 N–H and O–H groups in total. The fourth-order valence-corrected chi connectivity index (χ4v) is 9.03. The molecule has 394 valence electrons. The molecule has 0 bridgehead atoms. The Hall–Kier alpha value is -8.88. The molecule has 0 aliphatic carbocycles. The molecule has 2 amide bonds. The van der Waals surface area contributed by atoms with Crippen LogP contribution < -0.4 is 0 Å². The third-order valence-electron chi connectivity index (χ3n) is 12.7. The number of carbonyl (C=O) groups is 8. The first-order valence-electron chi connectivity index (χ1n) is 24.3. The van der Waals surface area contributed by atoms with E-state index in [2.05, 4.69) is 0 Å². The van der Waals surface area contributed by atoms with Gasteiger partial charge in [0.1, 0.15) is 37.6 Å². The van der Waals surface area contributed by atoms with E-state index >= 15 is 0 Å². The first kappa shape index (κ1) is 53.0.